The quantitative estimate of drug-likeness (QED) is 0.435. The van der Waals surface area contributed by atoms with E-state index in [1.165, 1.54) is 0 Å². The molecule has 3 heterocycles. The van der Waals surface area contributed by atoms with Gasteiger partial charge in [-0.1, -0.05) is 24.6 Å². The van der Waals surface area contributed by atoms with Crippen LogP contribution in [0.5, 0.6) is 0 Å². The van der Waals surface area contributed by atoms with E-state index in [1.54, 1.807) is 6.07 Å². The fraction of sp³-hybridized carbons (Fsp3) is 0.500. The smallest absolute Gasteiger partial charge is 0.354 e. The van der Waals surface area contributed by atoms with Gasteiger partial charge in [0.15, 0.2) is 5.69 Å². The lowest BCUT2D eigenvalue weighted by atomic mass is 9.79. The number of carboxylic acids is 1. The Balaban J connectivity index is 1.37. The normalized spacial score (nSPS) is 18.5. The molecule has 0 spiro atoms. The van der Waals surface area contributed by atoms with E-state index < -0.39 is 5.97 Å². The van der Waals surface area contributed by atoms with Gasteiger partial charge in [0.2, 0.25) is 5.91 Å². The summed E-state index contributed by atoms with van der Waals surface area (Å²) in [6.07, 6.45) is 6.60. The number of hydrogen-bond acceptors (Lipinski definition) is 7. The van der Waals surface area contributed by atoms with Gasteiger partial charge in [-0.05, 0) is 56.7 Å². The second-order valence-corrected chi connectivity index (χ2v) is 10.2. The van der Waals surface area contributed by atoms with Crippen LogP contribution in [0.4, 0.5) is 17.2 Å². The predicted molar refractivity (Wildman–Crippen MR) is 142 cm³/mol. The molecular formula is C28H35N5O4. The number of carboxylic acid groups (broad SMARTS) is 1. The number of aromatic carboxylic acids is 1. The highest BCUT2D eigenvalue weighted by Gasteiger charge is 2.32. The zero-order valence-corrected chi connectivity index (χ0v) is 21.1. The molecule has 1 saturated carbocycles. The molecule has 3 N–H and O–H groups in total. The summed E-state index contributed by atoms with van der Waals surface area (Å²) in [6, 6.07) is 11.1. The van der Waals surface area contributed by atoms with E-state index in [0.717, 1.165) is 69.4 Å². The van der Waals surface area contributed by atoms with Crippen LogP contribution in [-0.4, -0.2) is 71.5 Å². The average Bonchev–Trinajstić information content (AvgIpc) is 3.42. The Morgan fingerprint density at radius 2 is 1.73 bits per heavy atom. The first-order valence-corrected chi connectivity index (χ1v) is 13.3. The number of ether oxygens (including phenoxy) is 1. The van der Waals surface area contributed by atoms with Crippen LogP contribution in [-0.2, 0) is 9.53 Å². The Kier molecular flexibility index (Phi) is 7.69. The Labute approximate surface area is 217 Å². The molecule has 2 saturated heterocycles. The summed E-state index contributed by atoms with van der Waals surface area (Å²) in [5.74, 6) is -0.469. The van der Waals surface area contributed by atoms with Gasteiger partial charge in [-0.2, -0.15) is 0 Å². The van der Waals surface area contributed by atoms with Gasteiger partial charge >= 0.3 is 5.97 Å². The lowest BCUT2D eigenvalue weighted by Gasteiger charge is -2.36. The molecule has 0 bridgehead atoms. The second-order valence-electron chi connectivity index (χ2n) is 10.2. The molecular weight excluding hydrogens is 470 g/mol. The number of nitrogens with zero attached hydrogens (tertiary/aromatic N) is 3. The number of carbonyl (C=O) groups is 2. The van der Waals surface area contributed by atoms with Crippen LogP contribution in [0.15, 0.2) is 36.4 Å². The number of hydrogen-bond donors (Lipinski definition) is 3. The third-order valence-electron chi connectivity index (χ3n) is 7.72. The third kappa shape index (κ3) is 5.77. The molecule has 3 aliphatic rings. The predicted octanol–water partition coefficient (Wildman–Crippen LogP) is 4.30. The Morgan fingerprint density at radius 3 is 2.35 bits per heavy atom. The molecule has 5 rings (SSSR count). The van der Waals surface area contributed by atoms with Gasteiger partial charge in [0.1, 0.15) is 12.4 Å². The first kappa shape index (κ1) is 25.2. The van der Waals surface area contributed by atoms with Crippen molar-refractivity contribution < 1.29 is 19.4 Å². The minimum absolute atomic E-state index is 0.0139. The summed E-state index contributed by atoms with van der Waals surface area (Å²) >= 11 is 0. The molecule has 2 aromatic rings. The van der Waals surface area contributed by atoms with E-state index in [1.807, 2.05) is 35.2 Å². The molecule has 1 aromatic carbocycles. The fourth-order valence-electron chi connectivity index (χ4n) is 5.32. The van der Waals surface area contributed by atoms with Crippen molar-refractivity contribution >= 4 is 34.8 Å². The van der Waals surface area contributed by atoms with Crippen molar-refractivity contribution in [3.8, 4) is 0 Å². The molecule has 9 heteroatoms. The van der Waals surface area contributed by atoms with Crippen LogP contribution in [0.25, 0.3) is 0 Å². The Bertz CT molecular complexity index is 1140. The van der Waals surface area contributed by atoms with Gasteiger partial charge in [0, 0.05) is 43.5 Å². The maximum Gasteiger partial charge on any atom is 0.354 e. The highest BCUT2D eigenvalue weighted by atomic mass is 16.5. The summed E-state index contributed by atoms with van der Waals surface area (Å²) in [5.41, 5.74) is 2.67. The summed E-state index contributed by atoms with van der Waals surface area (Å²) in [5, 5.41) is 22.2. The molecule has 2 aliphatic heterocycles. The lowest BCUT2D eigenvalue weighted by molar-refractivity contribution is -0.137. The maximum atomic E-state index is 12.4. The van der Waals surface area contributed by atoms with E-state index in [9.17, 15) is 14.7 Å². The largest absolute Gasteiger partial charge is 0.477 e. The van der Waals surface area contributed by atoms with Gasteiger partial charge < -0.3 is 30.4 Å². The number of rotatable bonds is 9. The van der Waals surface area contributed by atoms with E-state index in [-0.39, 0.29) is 30.2 Å². The van der Waals surface area contributed by atoms with Crippen molar-refractivity contribution in [2.75, 3.05) is 43.0 Å². The van der Waals surface area contributed by atoms with E-state index in [4.69, 9.17) is 10.1 Å². The minimum atomic E-state index is -1.10. The highest BCUT2D eigenvalue weighted by molar-refractivity contribution is 6.10. The van der Waals surface area contributed by atoms with Crippen LogP contribution in [0, 0.1) is 11.3 Å². The number of nitrogens with one attached hydrogen (secondary N) is 2. The molecule has 196 valence electrons. The van der Waals surface area contributed by atoms with Crippen LogP contribution < -0.4 is 10.2 Å². The van der Waals surface area contributed by atoms with Crippen molar-refractivity contribution in [3.63, 3.8) is 0 Å². The lowest BCUT2D eigenvalue weighted by Crippen LogP contribution is -2.40. The van der Waals surface area contributed by atoms with Crippen molar-refractivity contribution in [1.82, 2.24) is 9.88 Å². The third-order valence-corrected chi connectivity index (χ3v) is 7.72. The first-order valence-electron chi connectivity index (χ1n) is 13.3. The standard InChI is InChI=1S/C28H35N5O4/c29-26(19-7-6-8-19)25-23(17-22(28(35)36)31-27(25)30-20-9-2-1-3-10-20)32-15-11-21(12-16-32)37-18-24(34)33-13-4-5-14-33/h1-3,9-10,17,19,21,29H,4-8,11-16,18H2,(H,30,31)(H,35,36). The van der Waals surface area contributed by atoms with Crippen LogP contribution >= 0.6 is 0 Å². The van der Waals surface area contributed by atoms with Crippen LogP contribution in [0.3, 0.4) is 0 Å². The van der Waals surface area contributed by atoms with Crippen molar-refractivity contribution in [3.05, 3.63) is 47.7 Å². The molecule has 0 radical (unpaired) electrons. The number of anilines is 3. The molecule has 3 fully saturated rings. The molecule has 9 nitrogen and oxygen atoms in total. The molecule has 1 amide bonds. The number of piperidine rings is 1. The SMILES string of the molecule is N=C(c1c(N2CCC(OCC(=O)N3CCCC3)CC2)cc(C(=O)O)nc1Nc1ccccc1)C1CCC1. The van der Waals surface area contributed by atoms with Gasteiger partial charge in [-0.25, -0.2) is 9.78 Å². The number of benzene rings is 1. The zero-order chi connectivity index (χ0) is 25.8. The topological polar surface area (TPSA) is 119 Å². The average molecular weight is 506 g/mol. The number of aromatic nitrogens is 1. The number of para-hydroxylation sites is 1. The Morgan fingerprint density at radius 1 is 1.03 bits per heavy atom. The minimum Gasteiger partial charge on any atom is -0.477 e. The Hall–Kier alpha value is -3.46. The van der Waals surface area contributed by atoms with Gasteiger partial charge in [-0.3, -0.25) is 4.79 Å². The maximum absolute atomic E-state index is 12.4. The summed E-state index contributed by atoms with van der Waals surface area (Å²) in [4.78, 5) is 32.9. The number of likely N-dealkylation sites (tertiary alicyclic amines) is 1. The van der Waals surface area contributed by atoms with Crippen molar-refractivity contribution in [1.29, 1.82) is 5.41 Å². The van der Waals surface area contributed by atoms with Crippen molar-refractivity contribution in [2.24, 2.45) is 5.92 Å². The first-order chi connectivity index (χ1) is 18.0. The van der Waals surface area contributed by atoms with Crippen LogP contribution in [0.2, 0.25) is 0 Å². The zero-order valence-electron chi connectivity index (χ0n) is 21.1. The molecule has 0 unspecified atom stereocenters. The summed E-state index contributed by atoms with van der Waals surface area (Å²) in [6.45, 7) is 3.07. The monoisotopic (exact) mass is 505 g/mol. The number of carbonyl (C=O) groups excluding carboxylic acids is 1. The van der Waals surface area contributed by atoms with Gasteiger partial charge in [0.25, 0.3) is 0 Å². The van der Waals surface area contributed by atoms with Crippen molar-refractivity contribution in [2.45, 2.75) is 51.0 Å². The molecule has 1 aromatic heterocycles. The van der Waals surface area contributed by atoms with E-state index in [2.05, 4.69) is 15.2 Å². The van der Waals surface area contributed by atoms with Gasteiger partial charge in [-0.15, -0.1) is 0 Å². The fourth-order valence-corrected chi connectivity index (χ4v) is 5.32. The van der Waals surface area contributed by atoms with E-state index in [0.29, 0.717) is 30.2 Å². The molecule has 1 aliphatic carbocycles. The number of pyridine rings is 1. The highest BCUT2D eigenvalue weighted by Crippen LogP contribution is 2.38. The summed E-state index contributed by atoms with van der Waals surface area (Å²) in [7, 11) is 0. The van der Waals surface area contributed by atoms with E-state index >= 15 is 0 Å². The molecule has 37 heavy (non-hydrogen) atoms. The molecule has 0 atom stereocenters. The van der Waals surface area contributed by atoms with Gasteiger partial charge in [0.05, 0.1) is 17.4 Å². The van der Waals surface area contributed by atoms with Crippen LogP contribution in [0.1, 0.15) is 61.0 Å². The second kappa shape index (κ2) is 11.3. The number of amides is 1. The summed E-state index contributed by atoms with van der Waals surface area (Å²) < 4.78 is 5.97.